The zero-order valence-electron chi connectivity index (χ0n) is 9.12. The van der Waals surface area contributed by atoms with Crippen molar-refractivity contribution in [2.45, 2.75) is 31.7 Å². The number of likely N-dealkylation sites (tertiary alicyclic amines) is 2. The standard InChI is InChI=1S/C11H19BrN2O/c12-9-11(15)14-7-3-10(4-8-14)13-5-1-2-6-13/h10H,1-9H2. The van der Waals surface area contributed by atoms with Crippen molar-refractivity contribution in [1.29, 1.82) is 0 Å². The molecular formula is C11H19BrN2O. The van der Waals surface area contributed by atoms with E-state index < -0.39 is 0 Å². The highest BCUT2D eigenvalue weighted by Gasteiger charge is 2.27. The van der Waals surface area contributed by atoms with Crippen LogP contribution in [-0.2, 0) is 4.79 Å². The van der Waals surface area contributed by atoms with Gasteiger partial charge in [0.25, 0.3) is 0 Å². The van der Waals surface area contributed by atoms with Gasteiger partial charge in [-0.2, -0.15) is 0 Å². The van der Waals surface area contributed by atoms with Gasteiger partial charge in [0.1, 0.15) is 0 Å². The molecule has 0 aliphatic carbocycles. The smallest absolute Gasteiger partial charge is 0.233 e. The van der Waals surface area contributed by atoms with Gasteiger partial charge in [-0.15, -0.1) is 0 Å². The van der Waals surface area contributed by atoms with Gasteiger partial charge >= 0.3 is 0 Å². The summed E-state index contributed by atoms with van der Waals surface area (Å²) in [6.45, 7) is 4.45. The Kier molecular flexibility index (Phi) is 4.03. The highest BCUT2D eigenvalue weighted by atomic mass is 79.9. The molecule has 0 spiro atoms. The van der Waals surface area contributed by atoms with Gasteiger partial charge in [0, 0.05) is 19.1 Å². The third-order valence-electron chi connectivity index (χ3n) is 3.59. The van der Waals surface area contributed by atoms with E-state index >= 15 is 0 Å². The second-order valence-electron chi connectivity index (χ2n) is 4.49. The van der Waals surface area contributed by atoms with Gasteiger partial charge in [-0.1, -0.05) is 15.9 Å². The minimum absolute atomic E-state index is 0.245. The summed E-state index contributed by atoms with van der Waals surface area (Å²) in [5, 5.41) is 0.474. The summed E-state index contributed by atoms with van der Waals surface area (Å²) in [6.07, 6.45) is 5.05. The zero-order valence-corrected chi connectivity index (χ0v) is 10.7. The fraction of sp³-hybridized carbons (Fsp3) is 0.909. The molecule has 2 aliphatic heterocycles. The third-order valence-corrected chi connectivity index (χ3v) is 4.07. The highest BCUT2D eigenvalue weighted by molar-refractivity contribution is 9.09. The first-order chi connectivity index (χ1) is 7.31. The Morgan fingerprint density at radius 3 is 2.27 bits per heavy atom. The first-order valence-corrected chi connectivity index (χ1v) is 7.01. The number of hydrogen-bond acceptors (Lipinski definition) is 2. The number of rotatable bonds is 2. The Balaban J connectivity index is 1.78. The molecule has 4 heteroatoms. The molecule has 0 unspecified atom stereocenters. The van der Waals surface area contributed by atoms with Gasteiger partial charge in [0.05, 0.1) is 5.33 Å². The molecular weight excluding hydrogens is 256 g/mol. The average Bonchev–Trinajstić information content (AvgIpc) is 2.82. The molecule has 0 bridgehead atoms. The molecule has 0 aromatic carbocycles. The van der Waals surface area contributed by atoms with Gasteiger partial charge in [-0.05, 0) is 38.8 Å². The molecule has 3 nitrogen and oxygen atoms in total. The molecule has 0 saturated carbocycles. The number of carbonyl (C=O) groups excluding carboxylic acids is 1. The molecule has 86 valence electrons. The molecule has 0 aromatic heterocycles. The number of amides is 1. The lowest BCUT2D eigenvalue weighted by Gasteiger charge is -2.36. The van der Waals surface area contributed by atoms with Crippen LogP contribution in [0.2, 0.25) is 0 Å². The van der Waals surface area contributed by atoms with E-state index in [1.54, 1.807) is 0 Å². The first-order valence-electron chi connectivity index (χ1n) is 5.89. The molecule has 2 heterocycles. The lowest BCUT2D eigenvalue weighted by atomic mass is 10.0. The van der Waals surface area contributed by atoms with Crippen molar-refractivity contribution in [3.8, 4) is 0 Å². The fourth-order valence-electron chi connectivity index (χ4n) is 2.67. The summed E-state index contributed by atoms with van der Waals surface area (Å²) in [5.41, 5.74) is 0. The quantitative estimate of drug-likeness (QED) is 0.712. The minimum Gasteiger partial charge on any atom is -0.342 e. The Morgan fingerprint density at radius 2 is 1.73 bits per heavy atom. The van der Waals surface area contributed by atoms with Crippen LogP contribution in [0.25, 0.3) is 0 Å². The van der Waals surface area contributed by atoms with Crippen molar-refractivity contribution in [1.82, 2.24) is 9.80 Å². The summed E-state index contributed by atoms with van der Waals surface area (Å²) in [4.78, 5) is 16.1. The molecule has 15 heavy (non-hydrogen) atoms. The maximum Gasteiger partial charge on any atom is 0.233 e. The summed E-state index contributed by atoms with van der Waals surface area (Å²) in [6, 6.07) is 0.742. The molecule has 2 saturated heterocycles. The Hall–Kier alpha value is -0.0900. The normalized spacial score (nSPS) is 24.7. The largest absolute Gasteiger partial charge is 0.342 e. The van der Waals surface area contributed by atoms with E-state index in [9.17, 15) is 4.79 Å². The Labute approximate surface area is 99.9 Å². The van der Waals surface area contributed by atoms with E-state index in [0.29, 0.717) is 5.33 Å². The van der Waals surface area contributed by atoms with Crippen LogP contribution in [0.15, 0.2) is 0 Å². The number of hydrogen-bond donors (Lipinski definition) is 0. The van der Waals surface area contributed by atoms with Crippen LogP contribution in [0.4, 0.5) is 0 Å². The molecule has 0 aromatic rings. The molecule has 1 amide bonds. The fourth-order valence-corrected chi connectivity index (χ4v) is 3.03. The van der Waals surface area contributed by atoms with Crippen molar-refractivity contribution in [3.05, 3.63) is 0 Å². The van der Waals surface area contributed by atoms with Crippen LogP contribution < -0.4 is 0 Å². The van der Waals surface area contributed by atoms with Crippen molar-refractivity contribution in [2.24, 2.45) is 0 Å². The monoisotopic (exact) mass is 274 g/mol. The average molecular weight is 275 g/mol. The molecule has 0 atom stereocenters. The lowest BCUT2D eigenvalue weighted by Crippen LogP contribution is -2.46. The molecule has 2 rings (SSSR count). The minimum atomic E-state index is 0.245. The van der Waals surface area contributed by atoms with E-state index in [1.807, 2.05) is 4.90 Å². The van der Waals surface area contributed by atoms with Crippen molar-refractivity contribution >= 4 is 21.8 Å². The number of alkyl halides is 1. The number of nitrogens with zero attached hydrogens (tertiary/aromatic N) is 2. The van der Waals surface area contributed by atoms with Crippen molar-refractivity contribution in [3.63, 3.8) is 0 Å². The summed E-state index contributed by atoms with van der Waals surface area (Å²) in [5.74, 6) is 0.245. The molecule has 0 radical (unpaired) electrons. The summed E-state index contributed by atoms with van der Waals surface area (Å²) in [7, 11) is 0. The number of piperidine rings is 1. The predicted molar refractivity (Wildman–Crippen MR) is 64.2 cm³/mol. The van der Waals surface area contributed by atoms with Crippen molar-refractivity contribution < 1.29 is 4.79 Å². The van der Waals surface area contributed by atoms with Gasteiger partial charge in [0.15, 0.2) is 0 Å². The first kappa shape index (κ1) is 11.4. The predicted octanol–water partition coefficient (Wildman–Crippen LogP) is 1.47. The Morgan fingerprint density at radius 1 is 1.13 bits per heavy atom. The van der Waals surface area contributed by atoms with E-state index in [0.717, 1.165) is 19.1 Å². The van der Waals surface area contributed by atoms with Crippen LogP contribution in [0.1, 0.15) is 25.7 Å². The van der Waals surface area contributed by atoms with Crippen LogP contribution in [0.5, 0.6) is 0 Å². The SMILES string of the molecule is O=C(CBr)N1CCC(N2CCCC2)CC1. The van der Waals surface area contributed by atoms with Crippen LogP contribution >= 0.6 is 15.9 Å². The number of halogens is 1. The van der Waals surface area contributed by atoms with E-state index in [-0.39, 0.29) is 5.91 Å². The maximum absolute atomic E-state index is 11.5. The van der Waals surface area contributed by atoms with Gasteiger partial charge in [-0.25, -0.2) is 0 Å². The van der Waals surface area contributed by atoms with E-state index in [1.165, 1.54) is 38.8 Å². The van der Waals surface area contributed by atoms with Crippen LogP contribution in [0.3, 0.4) is 0 Å². The van der Waals surface area contributed by atoms with Crippen LogP contribution in [0, 0.1) is 0 Å². The van der Waals surface area contributed by atoms with Crippen LogP contribution in [-0.4, -0.2) is 53.3 Å². The lowest BCUT2D eigenvalue weighted by molar-refractivity contribution is -0.129. The maximum atomic E-state index is 11.5. The van der Waals surface area contributed by atoms with E-state index in [4.69, 9.17) is 0 Å². The molecule has 0 N–H and O–H groups in total. The topological polar surface area (TPSA) is 23.6 Å². The van der Waals surface area contributed by atoms with Gasteiger partial charge < -0.3 is 9.80 Å². The second-order valence-corrected chi connectivity index (χ2v) is 5.05. The van der Waals surface area contributed by atoms with Gasteiger partial charge in [-0.3, -0.25) is 4.79 Å². The summed E-state index contributed by atoms with van der Waals surface area (Å²) < 4.78 is 0. The second kappa shape index (κ2) is 5.30. The van der Waals surface area contributed by atoms with Gasteiger partial charge in [0.2, 0.25) is 5.91 Å². The summed E-state index contributed by atoms with van der Waals surface area (Å²) >= 11 is 3.23. The number of carbonyl (C=O) groups is 1. The molecule has 2 aliphatic rings. The highest BCUT2D eigenvalue weighted by Crippen LogP contribution is 2.21. The third kappa shape index (κ3) is 2.72. The molecule has 2 fully saturated rings. The van der Waals surface area contributed by atoms with Crippen molar-refractivity contribution in [2.75, 3.05) is 31.5 Å². The zero-order chi connectivity index (χ0) is 10.7. The Bertz CT molecular complexity index is 221. The van der Waals surface area contributed by atoms with E-state index in [2.05, 4.69) is 20.8 Å².